The molecule has 182 valence electrons. The fraction of sp³-hybridized carbons (Fsp3) is 0.143. The smallest absolute Gasteiger partial charge is 0.336 e. The van der Waals surface area contributed by atoms with Crippen molar-refractivity contribution in [1.29, 1.82) is 0 Å². The van der Waals surface area contributed by atoms with E-state index in [0.717, 1.165) is 11.1 Å². The van der Waals surface area contributed by atoms with E-state index in [1.54, 1.807) is 49.4 Å². The van der Waals surface area contributed by atoms with Crippen molar-refractivity contribution in [2.24, 2.45) is 0 Å². The molecule has 3 aromatic rings. The number of allylic oxidation sites excluding steroid dienone is 2. The lowest BCUT2D eigenvalue weighted by Crippen LogP contribution is -2.29. The van der Waals surface area contributed by atoms with Gasteiger partial charge in [0.1, 0.15) is 12.4 Å². The third kappa shape index (κ3) is 4.17. The monoisotopic (exact) mass is 539 g/mol. The van der Waals surface area contributed by atoms with E-state index in [0.29, 0.717) is 54.5 Å². The van der Waals surface area contributed by atoms with Gasteiger partial charge in [-0.05, 0) is 36.8 Å². The van der Waals surface area contributed by atoms with E-state index < -0.39 is 11.9 Å². The lowest BCUT2D eigenvalue weighted by Gasteiger charge is -2.29. The van der Waals surface area contributed by atoms with Crippen LogP contribution in [0.25, 0.3) is 5.70 Å². The second-order valence-corrected chi connectivity index (χ2v) is 9.72. The molecule has 0 saturated carbocycles. The lowest BCUT2D eigenvalue weighted by molar-refractivity contribution is -0.136. The normalized spacial score (nSPS) is 16.5. The first kappa shape index (κ1) is 24.4. The Hall–Kier alpha value is -3.25. The minimum absolute atomic E-state index is 0.138. The number of ether oxygens (including phenoxy) is 2. The van der Waals surface area contributed by atoms with Crippen molar-refractivity contribution in [3.8, 4) is 5.75 Å². The van der Waals surface area contributed by atoms with Crippen molar-refractivity contribution in [3.63, 3.8) is 0 Å². The molecule has 1 heterocycles. The summed E-state index contributed by atoms with van der Waals surface area (Å²) < 4.78 is 11.0. The van der Waals surface area contributed by atoms with Crippen LogP contribution >= 0.6 is 34.8 Å². The first-order valence-electron chi connectivity index (χ1n) is 11.1. The summed E-state index contributed by atoms with van der Waals surface area (Å²) in [6, 6.07) is 17.8. The molecule has 1 N–H and O–H groups in total. The number of benzene rings is 3. The number of dihydropyridines is 1. The number of esters is 1. The van der Waals surface area contributed by atoms with E-state index in [1.807, 2.05) is 18.2 Å². The minimum atomic E-state index is -0.661. The number of Topliss-reactive ketones (excluding diaryl/α,β-unsaturated/α-hetero) is 1. The van der Waals surface area contributed by atoms with Gasteiger partial charge in [0.15, 0.2) is 5.78 Å². The van der Waals surface area contributed by atoms with Crippen LogP contribution in [0.5, 0.6) is 5.75 Å². The average Bonchev–Trinajstić information content (AvgIpc) is 3.14. The molecule has 2 aliphatic rings. The molecule has 5 rings (SSSR count). The Morgan fingerprint density at radius 1 is 0.972 bits per heavy atom. The Morgan fingerprint density at radius 3 is 2.42 bits per heavy atom. The van der Waals surface area contributed by atoms with Gasteiger partial charge in [-0.2, -0.15) is 0 Å². The number of fused-ring (bicyclic) bond motifs is 2. The van der Waals surface area contributed by atoms with Crippen molar-refractivity contribution in [3.05, 3.63) is 115 Å². The Labute approximate surface area is 223 Å². The fourth-order valence-corrected chi connectivity index (χ4v) is 5.36. The number of ketones is 1. The zero-order chi connectivity index (χ0) is 25.6. The summed E-state index contributed by atoms with van der Waals surface area (Å²) in [5, 5.41) is 4.63. The van der Waals surface area contributed by atoms with Crippen LogP contribution in [0.2, 0.25) is 15.1 Å². The number of hydrogen-bond acceptors (Lipinski definition) is 5. The molecule has 0 bridgehead atoms. The Morgan fingerprint density at radius 2 is 1.72 bits per heavy atom. The summed E-state index contributed by atoms with van der Waals surface area (Å²) in [5.74, 6) is -0.878. The van der Waals surface area contributed by atoms with Gasteiger partial charge >= 0.3 is 5.97 Å². The molecule has 5 nitrogen and oxygen atoms in total. The predicted octanol–water partition coefficient (Wildman–Crippen LogP) is 6.97. The molecule has 1 atom stereocenters. The highest BCUT2D eigenvalue weighted by molar-refractivity contribution is 6.35. The zero-order valence-corrected chi connectivity index (χ0v) is 21.6. The van der Waals surface area contributed by atoms with E-state index in [1.165, 1.54) is 7.11 Å². The Balaban J connectivity index is 1.53. The Bertz CT molecular complexity index is 1490. The largest absolute Gasteiger partial charge is 0.487 e. The summed E-state index contributed by atoms with van der Waals surface area (Å²) >= 11 is 18.8. The van der Waals surface area contributed by atoms with Crippen molar-refractivity contribution in [2.45, 2.75) is 19.4 Å². The van der Waals surface area contributed by atoms with Crippen molar-refractivity contribution in [1.82, 2.24) is 5.32 Å². The van der Waals surface area contributed by atoms with Crippen molar-refractivity contribution >= 4 is 52.3 Å². The summed E-state index contributed by atoms with van der Waals surface area (Å²) in [5.41, 5.74) is 4.97. The number of nitrogens with one attached hydrogen (secondary N) is 1. The van der Waals surface area contributed by atoms with Gasteiger partial charge in [0.2, 0.25) is 0 Å². The maximum absolute atomic E-state index is 13.5. The molecule has 0 fully saturated rings. The van der Waals surface area contributed by atoms with Crippen LogP contribution in [0.15, 0.2) is 77.5 Å². The number of halogens is 3. The molecule has 0 amide bonds. The van der Waals surface area contributed by atoms with Crippen LogP contribution in [0.1, 0.15) is 39.9 Å². The zero-order valence-electron chi connectivity index (χ0n) is 19.3. The molecular weight excluding hydrogens is 521 g/mol. The van der Waals surface area contributed by atoms with E-state index in [-0.39, 0.29) is 12.4 Å². The maximum Gasteiger partial charge on any atom is 0.336 e. The molecule has 36 heavy (non-hydrogen) atoms. The van der Waals surface area contributed by atoms with Crippen molar-refractivity contribution in [2.75, 3.05) is 7.11 Å². The third-order valence-electron chi connectivity index (χ3n) is 6.34. The number of carbonyl (C=O) groups is 2. The van der Waals surface area contributed by atoms with Crippen LogP contribution in [0.4, 0.5) is 0 Å². The van der Waals surface area contributed by atoms with E-state index >= 15 is 0 Å². The van der Waals surface area contributed by atoms with E-state index in [2.05, 4.69) is 5.32 Å². The maximum atomic E-state index is 13.5. The highest BCUT2D eigenvalue weighted by Gasteiger charge is 2.42. The third-order valence-corrected chi connectivity index (χ3v) is 7.22. The van der Waals surface area contributed by atoms with Crippen LogP contribution in [-0.2, 0) is 16.1 Å². The van der Waals surface area contributed by atoms with Gasteiger partial charge in [0.25, 0.3) is 0 Å². The lowest BCUT2D eigenvalue weighted by atomic mass is 9.80. The first-order valence-corrected chi connectivity index (χ1v) is 12.2. The number of hydrogen-bond donors (Lipinski definition) is 1. The SMILES string of the molecule is COC(=O)C1=C(C)NC2=C(C(=O)c3ccccc32)[C@@H]1c1ccc(OCc2ccc(Cl)cc2Cl)c(Cl)c1. The highest BCUT2D eigenvalue weighted by atomic mass is 35.5. The average molecular weight is 541 g/mol. The van der Waals surface area contributed by atoms with Gasteiger partial charge in [-0.3, -0.25) is 4.79 Å². The van der Waals surface area contributed by atoms with E-state index in [9.17, 15) is 9.59 Å². The molecule has 1 aliphatic heterocycles. The van der Waals surface area contributed by atoms with Gasteiger partial charge in [-0.25, -0.2) is 4.79 Å². The molecule has 0 radical (unpaired) electrons. The number of carbonyl (C=O) groups excluding carboxylic acids is 2. The predicted molar refractivity (Wildman–Crippen MR) is 141 cm³/mol. The summed E-state index contributed by atoms with van der Waals surface area (Å²) in [7, 11) is 1.32. The van der Waals surface area contributed by atoms with Gasteiger partial charge < -0.3 is 14.8 Å². The fourth-order valence-electron chi connectivity index (χ4n) is 4.65. The summed E-state index contributed by atoms with van der Waals surface area (Å²) in [4.78, 5) is 26.4. The topological polar surface area (TPSA) is 64.6 Å². The van der Waals surface area contributed by atoms with Gasteiger partial charge in [0.05, 0.1) is 23.4 Å². The summed E-state index contributed by atoms with van der Waals surface area (Å²) in [6.45, 7) is 1.99. The van der Waals surface area contributed by atoms with Crippen LogP contribution in [0, 0.1) is 0 Å². The van der Waals surface area contributed by atoms with Crippen molar-refractivity contribution < 1.29 is 19.1 Å². The van der Waals surface area contributed by atoms with Crippen LogP contribution in [-0.4, -0.2) is 18.9 Å². The van der Waals surface area contributed by atoms with Gasteiger partial charge in [0, 0.05) is 43.9 Å². The minimum Gasteiger partial charge on any atom is -0.487 e. The Kier molecular flexibility index (Phi) is 6.56. The standard InChI is InChI=1S/C28H20Cl3NO4/c1-14-23(28(34)35-2)24(25-26(32-14)18-5-3-4-6-19(18)27(25)33)15-8-10-22(21(31)11-15)36-13-16-7-9-17(29)12-20(16)30/h3-12,24,32H,13H2,1-2H3/t24-/m1/s1. The summed E-state index contributed by atoms with van der Waals surface area (Å²) in [6.07, 6.45) is 0. The van der Waals surface area contributed by atoms with Gasteiger partial charge in [-0.15, -0.1) is 0 Å². The molecular formula is C28H20Cl3NO4. The van der Waals surface area contributed by atoms with Crippen LogP contribution in [0.3, 0.4) is 0 Å². The van der Waals surface area contributed by atoms with Crippen LogP contribution < -0.4 is 10.1 Å². The molecule has 1 aliphatic carbocycles. The quantitative estimate of drug-likeness (QED) is 0.354. The molecule has 8 heteroatoms. The molecule has 0 spiro atoms. The molecule has 0 aromatic heterocycles. The number of rotatable bonds is 5. The van der Waals surface area contributed by atoms with E-state index in [4.69, 9.17) is 44.3 Å². The second-order valence-electron chi connectivity index (χ2n) is 8.47. The number of methoxy groups -OCH3 is 1. The highest BCUT2D eigenvalue weighted by Crippen LogP contribution is 2.47. The molecule has 0 saturated heterocycles. The first-order chi connectivity index (χ1) is 17.3. The molecule has 0 unspecified atom stereocenters. The second kappa shape index (κ2) is 9.66. The van der Waals surface area contributed by atoms with Gasteiger partial charge in [-0.1, -0.05) is 71.2 Å². The molecule has 3 aromatic carbocycles.